The number of alkyl carbamates (subject to hydrolysis) is 1. The van der Waals surface area contributed by atoms with Crippen molar-refractivity contribution in [1.82, 2.24) is 20.2 Å². The summed E-state index contributed by atoms with van der Waals surface area (Å²) in [6.07, 6.45) is 3.08. The van der Waals surface area contributed by atoms with E-state index in [1.165, 1.54) is 0 Å². The molecule has 3 rings (SSSR count). The molecule has 35 heavy (non-hydrogen) atoms. The van der Waals surface area contributed by atoms with Gasteiger partial charge in [0.2, 0.25) is 5.91 Å². The molecule has 2 aliphatic rings. The van der Waals surface area contributed by atoms with Crippen LogP contribution in [0.2, 0.25) is 0 Å². The van der Waals surface area contributed by atoms with Gasteiger partial charge >= 0.3 is 19.2 Å². The van der Waals surface area contributed by atoms with E-state index in [2.05, 4.69) is 15.3 Å². The predicted molar refractivity (Wildman–Crippen MR) is 131 cm³/mol. The molecule has 1 aromatic heterocycles. The minimum atomic E-state index is -0.681. The number of hydrogen-bond acceptors (Lipinski definition) is 8. The van der Waals surface area contributed by atoms with Gasteiger partial charge in [-0.15, -0.1) is 0 Å². The summed E-state index contributed by atoms with van der Waals surface area (Å²) in [6, 6.07) is -0.448. The first-order chi connectivity index (χ1) is 16.1. The zero-order chi connectivity index (χ0) is 26.2. The molecule has 194 valence electrons. The lowest BCUT2D eigenvalue weighted by Crippen LogP contribution is -2.51. The highest BCUT2D eigenvalue weighted by atomic mass is 16.7. The maximum Gasteiger partial charge on any atom is 0.498 e. The van der Waals surface area contributed by atoms with Crippen molar-refractivity contribution in [2.75, 3.05) is 13.1 Å². The largest absolute Gasteiger partial charge is 0.498 e. The van der Waals surface area contributed by atoms with Gasteiger partial charge in [0.15, 0.2) is 0 Å². The molecule has 2 saturated heterocycles. The van der Waals surface area contributed by atoms with E-state index in [0.717, 1.165) is 0 Å². The number of nitrogens with one attached hydrogen (secondary N) is 1. The van der Waals surface area contributed by atoms with E-state index >= 15 is 0 Å². The topological polar surface area (TPSA) is 112 Å². The molecular formula is C24H39BN4O6. The van der Waals surface area contributed by atoms with Crippen molar-refractivity contribution >= 4 is 24.6 Å². The number of rotatable bonds is 6. The summed E-state index contributed by atoms with van der Waals surface area (Å²) >= 11 is 0. The first-order valence-corrected chi connectivity index (χ1v) is 12.2. The lowest BCUT2D eigenvalue weighted by molar-refractivity contribution is -0.133. The summed E-state index contributed by atoms with van der Waals surface area (Å²) in [5.74, 6) is -0.255. The minimum absolute atomic E-state index is 0.0964. The molecule has 11 heteroatoms. The molecule has 3 heterocycles. The second-order valence-corrected chi connectivity index (χ2v) is 11.6. The molecule has 0 aromatic carbocycles. The Morgan fingerprint density at radius 2 is 1.71 bits per heavy atom. The van der Waals surface area contributed by atoms with Gasteiger partial charge in [0.25, 0.3) is 0 Å². The number of ether oxygens (including phenoxy) is 2. The monoisotopic (exact) mass is 490 g/mol. The van der Waals surface area contributed by atoms with Crippen LogP contribution in [0.1, 0.15) is 68.7 Å². The van der Waals surface area contributed by atoms with Crippen LogP contribution < -0.4 is 15.5 Å². The van der Waals surface area contributed by atoms with Crippen molar-refractivity contribution in [1.29, 1.82) is 0 Å². The smallest absolute Gasteiger partial charge is 0.458 e. The number of nitrogens with zero attached hydrogens (tertiary/aromatic N) is 3. The van der Waals surface area contributed by atoms with Gasteiger partial charge in [0.1, 0.15) is 17.7 Å². The molecule has 1 aromatic rings. The van der Waals surface area contributed by atoms with Crippen molar-refractivity contribution in [2.24, 2.45) is 5.92 Å². The molecule has 0 aliphatic carbocycles. The van der Waals surface area contributed by atoms with Crippen LogP contribution in [0.25, 0.3) is 0 Å². The van der Waals surface area contributed by atoms with E-state index in [9.17, 15) is 9.59 Å². The van der Waals surface area contributed by atoms with Gasteiger partial charge in [-0.1, -0.05) is 13.8 Å². The Bertz CT molecular complexity index is 900. The van der Waals surface area contributed by atoms with Crippen molar-refractivity contribution in [3.8, 4) is 6.01 Å². The second-order valence-electron chi connectivity index (χ2n) is 11.6. The molecule has 2 amide bonds. The Hall–Kier alpha value is -2.40. The van der Waals surface area contributed by atoms with E-state index < -0.39 is 36.1 Å². The molecule has 0 saturated carbocycles. The first kappa shape index (κ1) is 27.2. The molecule has 2 unspecified atom stereocenters. The van der Waals surface area contributed by atoms with Crippen molar-refractivity contribution < 1.29 is 28.4 Å². The third kappa shape index (κ3) is 6.64. The molecule has 2 atom stereocenters. The predicted octanol–water partition coefficient (Wildman–Crippen LogP) is 2.30. The lowest BCUT2D eigenvalue weighted by Gasteiger charge is -2.32. The first-order valence-electron chi connectivity index (χ1n) is 12.2. The standard InChI is InChI=1S/C24H39BN4O6/c1-15(2)18(28-21(31)33-22(3,4)5)19(30)29-11-10-17(14-29)32-20-26-12-16(13-27-20)25-34-23(6,7)24(8,9)35-25/h12-13,15,17-18H,10-11,14H2,1-9H3,(H,28,31). The average molecular weight is 490 g/mol. The van der Waals surface area contributed by atoms with E-state index in [1.807, 2.05) is 41.5 Å². The van der Waals surface area contributed by atoms with Crippen LogP contribution in [0.15, 0.2) is 12.4 Å². The number of amides is 2. The fourth-order valence-corrected chi connectivity index (χ4v) is 3.81. The fourth-order valence-electron chi connectivity index (χ4n) is 3.81. The summed E-state index contributed by atoms with van der Waals surface area (Å²) in [5, 5.41) is 2.72. The molecule has 10 nitrogen and oxygen atoms in total. The van der Waals surface area contributed by atoms with Gasteiger partial charge in [-0.2, -0.15) is 0 Å². The van der Waals surface area contributed by atoms with Crippen molar-refractivity contribution in [2.45, 2.75) is 97.7 Å². The van der Waals surface area contributed by atoms with Gasteiger partial charge < -0.3 is 29.0 Å². The van der Waals surface area contributed by atoms with Crippen LogP contribution in [-0.4, -0.2) is 76.0 Å². The molecule has 0 radical (unpaired) electrons. The van der Waals surface area contributed by atoms with Gasteiger partial charge in [-0.05, 0) is 54.4 Å². The van der Waals surface area contributed by atoms with Crippen LogP contribution in [0.3, 0.4) is 0 Å². The molecular weight excluding hydrogens is 451 g/mol. The van der Waals surface area contributed by atoms with Gasteiger partial charge in [-0.3, -0.25) is 4.79 Å². The SMILES string of the molecule is CC(C)C(NC(=O)OC(C)(C)C)C(=O)N1CCC(Oc2ncc(B3OC(C)(C)C(C)(C)O3)cn2)C1. The molecule has 2 aliphatic heterocycles. The van der Waals surface area contributed by atoms with E-state index in [4.69, 9.17) is 18.8 Å². The highest BCUT2D eigenvalue weighted by molar-refractivity contribution is 6.61. The lowest BCUT2D eigenvalue weighted by atomic mass is 9.81. The molecule has 2 fully saturated rings. The third-order valence-electron chi connectivity index (χ3n) is 6.51. The Morgan fingerprint density at radius 1 is 1.14 bits per heavy atom. The highest BCUT2D eigenvalue weighted by Crippen LogP contribution is 2.36. The number of likely N-dealkylation sites (tertiary alicyclic amines) is 1. The fraction of sp³-hybridized carbons (Fsp3) is 0.750. The van der Waals surface area contributed by atoms with Gasteiger partial charge in [0.05, 0.1) is 17.7 Å². The molecule has 1 N–H and O–H groups in total. The Kier molecular flexibility index (Phi) is 7.71. The Morgan fingerprint density at radius 3 is 2.23 bits per heavy atom. The normalized spacial score (nSPS) is 22.3. The van der Waals surface area contributed by atoms with E-state index in [-0.39, 0.29) is 23.9 Å². The minimum Gasteiger partial charge on any atom is -0.458 e. The zero-order valence-electron chi connectivity index (χ0n) is 22.4. The van der Waals surface area contributed by atoms with Crippen LogP contribution in [0.5, 0.6) is 6.01 Å². The van der Waals surface area contributed by atoms with E-state index in [1.54, 1.807) is 38.1 Å². The summed E-state index contributed by atoms with van der Waals surface area (Å²) in [5.41, 5.74) is -0.816. The Labute approximate surface area is 208 Å². The average Bonchev–Trinajstić information content (AvgIpc) is 3.26. The zero-order valence-corrected chi connectivity index (χ0v) is 22.4. The van der Waals surface area contributed by atoms with Crippen LogP contribution >= 0.6 is 0 Å². The quantitative estimate of drug-likeness (QED) is 0.605. The third-order valence-corrected chi connectivity index (χ3v) is 6.51. The summed E-state index contributed by atoms with van der Waals surface area (Å²) < 4.78 is 23.3. The van der Waals surface area contributed by atoms with Crippen LogP contribution in [0.4, 0.5) is 4.79 Å². The number of carbonyl (C=O) groups excluding carboxylic acids is 2. The molecule has 0 bridgehead atoms. The Balaban J connectivity index is 1.55. The number of hydrogen-bond donors (Lipinski definition) is 1. The van der Waals surface area contributed by atoms with Crippen molar-refractivity contribution in [3.05, 3.63) is 12.4 Å². The van der Waals surface area contributed by atoms with Crippen molar-refractivity contribution in [3.63, 3.8) is 0 Å². The highest BCUT2D eigenvalue weighted by Gasteiger charge is 2.52. The van der Waals surface area contributed by atoms with Crippen LogP contribution in [-0.2, 0) is 18.8 Å². The van der Waals surface area contributed by atoms with Crippen LogP contribution in [0, 0.1) is 5.92 Å². The maximum atomic E-state index is 13.1. The summed E-state index contributed by atoms with van der Waals surface area (Å²) in [6.45, 7) is 18.0. The molecule has 0 spiro atoms. The maximum absolute atomic E-state index is 13.1. The number of aromatic nitrogens is 2. The summed E-state index contributed by atoms with van der Waals surface area (Å²) in [7, 11) is -0.543. The van der Waals surface area contributed by atoms with Gasteiger partial charge in [0, 0.05) is 30.8 Å². The second kappa shape index (κ2) is 9.93. The van der Waals surface area contributed by atoms with E-state index in [0.29, 0.717) is 25.0 Å². The number of carbonyl (C=O) groups is 2. The summed E-state index contributed by atoms with van der Waals surface area (Å²) in [4.78, 5) is 35.7. The van der Waals surface area contributed by atoms with Gasteiger partial charge in [-0.25, -0.2) is 14.8 Å².